The summed E-state index contributed by atoms with van der Waals surface area (Å²) in [6.07, 6.45) is 0. The first-order valence-electron chi connectivity index (χ1n) is 39.9. The topological polar surface area (TPSA) is 16.3 Å². The Morgan fingerprint density at radius 2 is 0.478 bits per heavy atom. The van der Waals surface area contributed by atoms with Crippen LogP contribution in [-0.2, 0) is 0 Å². The molecule has 0 spiro atoms. The van der Waals surface area contributed by atoms with Crippen molar-refractivity contribution in [1.29, 1.82) is 0 Å². The van der Waals surface area contributed by atoms with Crippen LogP contribution in [0.25, 0.3) is 154 Å². The van der Waals surface area contributed by atoms with Crippen LogP contribution in [0.4, 0.5) is 34.1 Å². The predicted octanol–water partition coefficient (Wildman–Crippen LogP) is 31.0. The standard InChI is InChI=1S/C59H44N2.C52H38N2/c1-39-35-40(2)37-48(36-39)60(45-16-5-4-6-17-45)47-33-34-57-55(38-47)50-19-13-14-24-56(50)61(57)46-31-29-44(30-32-46)59-53-22-11-9-20-51(53)58(52-21-10-12-23-54(52)59)43-27-25-42(26-28-43)49-18-8-7-15-41(49)3;1-35-15-14-19-40(33-35)53(38-17-4-3-5-18-38)41-31-32-50-48(34-41)43-21-12-13-26-49(43)54(50)39-29-27-37(28-30-39)51-44-22-8-10-24-46(44)52(42-20-7-6-16-36(42)2)47-25-11-9-23-45(47)51/h4-38H,1-3H3;3-34H,1-2H3. The molecule has 4 heteroatoms. The van der Waals surface area contributed by atoms with Crippen molar-refractivity contribution in [2.75, 3.05) is 9.80 Å². The molecular weight excluding hydrogens is 1390 g/mol. The molecule has 0 aliphatic heterocycles. The average molecular weight is 1470 g/mol. The van der Waals surface area contributed by atoms with E-state index in [0.717, 1.165) is 45.5 Å². The Hall–Kier alpha value is -14.6. The van der Waals surface area contributed by atoms with Gasteiger partial charge in [-0.05, 0) is 282 Å². The average Bonchev–Trinajstić information content (AvgIpc) is 1.29. The largest absolute Gasteiger partial charge is 0.310 e. The van der Waals surface area contributed by atoms with E-state index in [2.05, 4.69) is 460 Å². The molecule has 0 radical (unpaired) electrons. The molecule has 4 nitrogen and oxygen atoms in total. The lowest BCUT2D eigenvalue weighted by Gasteiger charge is -2.26. The summed E-state index contributed by atoms with van der Waals surface area (Å²) in [5.41, 5.74) is 32.7. The van der Waals surface area contributed by atoms with E-state index in [1.807, 2.05) is 0 Å². The number of anilines is 6. The minimum atomic E-state index is 1.13. The molecule has 21 rings (SSSR count). The van der Waals surface area contributed by atoms with Gasteiger partial charge in [-0.1, -0.05) is 285 Å². The van der Waals surface area contributed by atoms with Crippen molar-refractivity contribution in [2.45, 2.75) is 34.6 Å². The Morgan fingerprint density at radius 3 is 0.887 bits per heavy atom. The molecule has 0 aliphatic carbocycles. The van der Waals surface area contributed by atoms with Crippen LogP contribution in [0.15, 0.2) is 406 Å². The number of nitrogens with zero attached hydrogens (tertiary/aromatic N) is 4. The third kappa shape index (κ3) is 12.4. The maximum absolute atomic E-state index is 2.42. The van der Waals surface area contributed by atoms with Gasteiger partial charge in [0.2, 0.25) is 0 Å². The van der Waals surface area contributed by atoms with Gasteiger partial charge in [-0.15, -0.1) is 0 Å². The summed E-state index contributed by atoms with van der Waals surface area (Å²) in [5, 5.41) is 15.0. The molecule has 0 amide bonds. The molecule has 2 aromatic heterocycles. The summed E-state index contributed by atoms with van der Waals surface area (Å²) < 4.78 is 4.83. The van der Waals surface area contributed by atoms with Crippen molar-refractivity contribution in [3.05, 3.63) is 434 Å². The zero-order chi connectivity index (χ0) is 77.2. The quantitative estimate of drug-likeness (QED) is 0.107. The lowest BCUT2D eigenvalue weighted by Crippen LogP contribution is -2.10. The van der Waals surface area contributed by atoms with E-state index in [9.17, 15) is 0 Å². The van der Waals surface area contributed by atoms with Crippen molar-refractivity contribution in [3.8, 4) is 67.0 Å². The molecule has 0 aliphatic rings. The molecule has 0 saturated carbocycles. The first-order valence-corrected chi connectivity index (χ1v) is 39.9. The van der Waals surface area contributed by atoms with E-state index in [0.29, 0.717) is 0 Å². The molecule has 115 heavy (non-hydrogen) atoms. The van der Waals surface area contributed by atoms with Crippen LogP contribution in [0.3, 0.4) is 0 Å². The summed E-state index contributed by atoms with van der Waals surface area (Å²) in [4.78, 5) is 4.73. The van der Waals surface area contributed by atoms with Gasteiger partial charge in [-0.25, -0.2) is 0 Å². The van der Waals surface area contributed by atoms with Crippen molar-refractivity contribution < 1.29 is 0 Å². The van der Waals surface area contributed by atoms with Gasteiger partial charge in [-0.3, -0.25) is 0 Å². The van der Waals surface area contributed by atoms with Gasteiger partial charge in [-0.2, -0.15) is 0 Å². The molecular formula is C111H82N4. The van der Waals surface area contributed by atoms with Crippen LogP contribution < -0.4 is 9.80 Å². The smallest absolute Gasteiger partial charge is 0.0542 e. The van der Waals surface area contributed by atoms with Gasteiger partial charge in [0.15, 0.2) is 0 Å². The van der Waals surface area contributed by atoms with E-state index >= 15 is 0 Å². The molecule has 0 saturated heterocycles. The molecule has 0 fully saturated rings. The van der Waals surface area contributed by atoms with Crippen LogP contribution >= 0.6 is 0 Å². The molecule has 0 N–H and O–H groups in total. The molecule has 546 valence electrons. The highest BCUT2D eigenvalue weighted by Gasteiger charge is 2.24. The molecule has 0 unspecified atom stereocenters. The highest BCUT2D eigenvalue weighted by molar-refractivity contribution is 6.23. The number of hydrogen-bond acceptors (Lipinski definition) is 2. The number of hydrogen-bond donors (Lipinski definition) is 0. The fraction of sp³-hybridized carbons (Fsp3) is 0.0450. The lowest BCUT2D eigenvalue weighted by atomic mass is 9.85. The van der Waals surface area contributed by atoms with Crippen molar-refractivity contribution >= 4 is 121 Å². The highest BCUT2D eigenvalue weighted by Crippen LogP contribution is 2.49. The Kier molecular flexibility index (Phi) is 17.7. The number of para-hydroxylation sites is 4. The van der Waals surface area contributed by atoms with Crippen LogP contribution in [0, 0.1) is 34.6 Å². The lowest BCUT2D eigenvalue weighted by molar-refractivity contribution is 1.18. The van der Waals surface area contributed by atoms with E-state index < -0.39 is 0 Å². The predicted molar refractivity (Wildman–Crippen MR) is 492 cm³/mol. The molecule has 2 heterocycles. The first-order chi connectivity index (χ1) is 56.6. The van der Waals surface area contributed by atoms with Gasteiger partial charge in [0, 0.05) is 67.0 Å². The Balaban J connectivity index is 0.000000150. The van der Waals surface area contributed by atoms with E-state index in [-0.39, 0.29) is 0 Å². The minimum Gasteiger partial charge on any atom is -0.310 e. The van der Waals surface area contributed by atoms with Gasteiger partial charge < -0.3 is 18.9 Å². The van der Waals surface area contributed by atoms with Crippen LogP contribution in [0.2, 0.25) is 0 Å². The highest BCUT2D eigenvalue weighted by atomic mass is 15.1. The zero-order valence-electron chi connectivity index (χ0n) is 65.0. The van der Waals surface area contributed by atoms with E-state index in [4.69, 9.17) is 0 Å². The van der Waals surface area contributed by atoms with Crippen LogP contribution in [0.1, 0.15) is 27.8 Å². The first kappa shape index (κ1) is 69.6. The van der Waals surface area contributed by atoms with Gasteiger partial charge in [0.25, 0.3) is 0 Å². The fourth-order valence-electron chi connectivity index (χ4n) is 18.3. The molecule has 21 aromatic rings. The number of aromatic nitrogens is 2. The van der Waals surface area contributed by atoms with Crippen molar-refractivity contribution in [1.82, 2.24) is 9.13 Å². The Morgan fingerprint density at radius 1 is 0.174 bits per heavy atom. The second-order valence-electron chi connectivity index (χ2n) is 30.6. The van der Waals surface area contributed by atoms with Crippen molar-refractivity contribution in [3.63, 3.8) is 0 Å². The van der Waals surface area contributed by atoms with E-state index in [1.54, 1.807) is 0 Å². The number of fused-ring (bicyclic) bond motifs is 10. The van der Waals surface area contributed by atoms with Crippen molar-refractivity contribution in [2.24, 2.45) is 0 Å². The summed E-state index contributed by atoms with van der Waals surface area (Å²) in [6, 6.07) is 149. The number of benzene rings is 19. The summed E-state index contributed by atoms with van der Waals surface area (Å²) in [6.45, 7) is 10.9. The fourth-order valence-corrected chi connectivity index (χ4v) is 18.3. The molecule has 0 atom stereocenters. The minimum absolute atomic E-state index is 1.13. The molecule has 19 aromatic carbocycles. The maximum Gasteiger partial charge on any atom is 0.0542 e. The number of rotatable bonds is 13. The zero-order valence-corrected chi connectivity index (χ0v) is 65.0. The summed E-state index contributed by atoms with van der Waals surface area (Å²) in [7, 11) is 0. The van der Waals surface area contributed by atoms with E-state index in [1.165, 1.54) is 170 Å². The Labute approximate surface area is 671 Å². The summed E-state index contributed by atoms with van der Waals surface area (Å²) >= 11 is 0. The summed E-state index contributed by atoms with van der Waals surface area (Å²) in [5.74, 6) is 0. The SMILES string of the molecule is Cc1cc(C)cc(N(c2ccccc2)c2ccc3c(c2)c2ccccc2n3-c2ccc(-c3c4ccccc4c(-c4ccc(-c5ccccc5C)cc4)c4ccccc34)cc2)c1.Cc1cccc(N(c2ccccc2)c2ccc3c(c2)c2ccccc2n3-c2ccc(-c3c4ccccc4c(-c4ccccc4C)c4ccccc34)cc2)c1. The normalized spacial score (nSPS) is 11.5. The number of aryl methyl sites for hydroxylation is 5. The van der Waals surface area contributed by atoms with Gasteiger partial charge >= 0.3 is 0 Å². The van der Waals surface area contributed by atoms with Gasteiger partial charge in [0.1, 0.15) is 0 Å². The molecule has 0 bridgehead atoms. The second kappa shape index (κ2) is 29.3. The third-order valence-electron chi connectivity index (χ3n) is 23.3. The monoisotopic (exact) mass is 1470 g/mol. The Bertz CT molecular complexity index is 7180. The van der Waals surface area contributed by atoms with Gasteiger partial charge in [0.05, 0.1) is 22.1 Å². The maximum atomic E-state index is 2.42. The second-order valence-corrected chi connectivity index (χ2v) is 30.6. The third-order valence-corrected chi connectivity index (χ3v) is 23.3. The van der Waals surface area contributed by atoms with Crippen LogP contribution in [0.5, 0.6) is 0 Å². The van der Waals surface area contributed by atoms with Crippen LogP contribution in [-0.4, -0.2) is 9.13 Å².